The van der Waals surface area contributed by atoms with Gasteiger partial charge in [0.2, 0.25) is 23.6 Å². The van der Waals surface area contributed by atoms with E-state index in [4.69, 9.17) is 16.6 Å². The zero-order valence-electron chi connectivity index (χ0n) is 15.8. The van der Waals surface area contributed by atoms with Crippen LogP contribution in [0.4, 0.5) is 0 Å². The van der Waals surface area contributed by atoms with Crippen LogP contribution in [0.2, 0.25) is 0 Å². The van der Waals surface area contributed by atoms with Gasteiger partial charge in [0.05, 0.1) is 12.6 Å². The third-order valence-corrected chi connectivity index (χ3v) is 4.00. The number of nitrogens with two attached hydrogens (primary N) is 2. The molecule has 0 aliphatic heterocycles. The fourth-order valence-electron chi connectivity index (χ4n) is 2.02. The molecule has 0 aromatic heterocycles. The summed E-state index contributed by atoms with van der Waals surface area (Å²) in [5, 5.41) is 16.0. The van der Waals surface area contributed by atoms with Crippen LogP contribution in [0.3, 0.4) is 0 Å². The fraction of sp³-hybridized carbons (Fsp3) is 0.688. The number of carbonyl (C=O) groups is 5. The van der Waals surface area contributed by atoms with E-state index in [1.807, 2.05) is 6.92 Å². The number of hydrogen-bond acceptors (Lipinski definition) is 6. The lowest BCUT2D eigenvalue weighted by Gasteiger charge is -2.24. The zero-order chi connectivity index (χ0) is 21.1. The number of carbonyl (C=O) groups excluding carboxylic acids is 4. The molecule has 0 saturated heterocycles. The molecule has 27 heavy (non-hydrogen) atoms. The van der Waals surface area contributed by atoms with Crippen LogP contribution >= 0.6 is 0 Å². The molecule has 0 aromatic carbocycles. The minimum atomic E-state index is -1.20. The average molecular weight is 387 g/mol. The maximum atomic E-state index is 12.2. The van der Waals surface area contributed by atoms with Crippen LogP contribution in [0.25, 0.3) is 0 Å². The molecule has 0 radical (unpaired) electrons. The van der Waals surface area contributed by atoms with Crippen LogP contribution in [0.5, 0.6) is 0 Å². The van der Waals surface area contributed by atoms with Crippen LogP contribution in [-0.4, -0.2) is 59.4 Å². The van der Waals surface area contributed by atoms with Crippen molar-refractivity contribution in [1.29, 1.82) is 0 Å². The normalized spacial score (nSPS) is 15.0. The highest BCUT2D eigenvalue weighted by molar-refractivity contribution is 5.92. The van der Waals surface area contributed by atoms with Crippen molar-refractivity contribution in [3.63, 3.8) is 0 Å². The quantitative estimate of drug-likeness (QED) is 0.219. The van der Waals surface area contributed by atoms with Crippen molar-refractivity contribution >= 4 is 29.6 Å². The number of hydrogen-bond donors (Lipinski definition) is 6. The van der Waals surface area contributed by atoms with Crippen molar-refractivity contribution in [2.45, 2.75) is 58.2 Å². The fourth-order valence-corrected chi connectivity index (χ4v) is 2.02. The van der Waals surface area contributed by atoms with E-state index in [-0.39, 0.29) is 18.8 Å². The number of carboxylic acid groups (broad SMARTS) is 1. The van der Waals surface area contributed by atoms with E-state index in [1.165, 1.54) is 6.92 Å². The largest absolute Gasteiger partial charge is 0.480 e. The Morgan fingerprint density at radius 1 is 1.04 bits per heavy atom. The molecule has 0 aliphatic rings. The van der Waals surface area contributed by atoms with Crippen molar-refractivity contribution in [3.8, 4) is 0 Å². The number of primary amides is 1. The second-order valence-electron chi connectivity index (χ2n) is 6.33. The van der Waals surface area contributed by atoms with Gasteiger partial charge in [0, 0.05) is 6.42 Å². The molecule has 8 N–H and O–H groups in total. The summed E-state index contributed by atoms with van der Waals surface area (Å²) >= 11 is 0. The predicted octanol–water partition coefficient (Wildman–Crippen LogP) is -2.18. The van der Waals surface area contributed by atoms with Gasteiger partial charge in [-0.3, -0.25) is 24.0 Å². The number of aliphatic carboxylic acids is 1. The topological polar surface area (TPSA) is 194 Å². The summed E-state index contributed by atoms with van der Waals surface area (Å²) in [6.07, 6.45) is 0.552. The first-order valence-electron chi connectivity index (χ1n) is 8.63. The molecule has 11 nitrogen and oxygen atoms in total. The Morgan fingerprint density at radius 2 is 1.63 bits per heavy atom. The van der Waals surface area contributed by atoms with Gasteiger partial charge in [-0.15, -0.1) is 0 Å². The van der Waals surface area contributed by atoms with Gasteiger partial charge >= 0.3 is 5.97 Å². The molecule has 0 aliphatic carbocycles. The summed E-state index contributed by atoms with van der Waals surface area (Å²) in [7, 11) is 0. The standard InChI is InChI=1S/C16H29N5O6/c1-4-8(2)13(15(25)20-9(3)16(26)27)21-12(23)7-19-14(24)10(17)5-6-11(18)22/h8-10,13H,4-7,17H2,1-3H3,(H2,18,22)(H,19,24)(H,20,25)(H,21,23)(H,26,27). The Balaban J connectivity index is 4.68. The lowest BCUT2D eigenvalue weighted by Crippen LogP contribution is -2.55. The smallest absolute Gasteiger partial charge is 0.325 e. The Kier molecular flexibility index (Phi) is 10.7. The monoisotopic (exact) mass is 387 g/mol. The molecule has 0 aromatic rings. The van der Waals surface area contributed by atoms with E-state index >= 15 is 0 Å². The third kappa shape index (κ3) is 9.54. The minimum absolute atomic E-state index is 0.0494. The lowest BCUT2D eigenvalue weighted by molar-refractivity contribution is -0.142. The van der Waals surface area contributed by atoms with Gasteiger partial charge in [-0.25, -0.2) is 0 Å². The summed E-state index contributed by atoms with van der Waals surface area (Å²) < 4.78 is 0. The molecule has 0 fully saturated rings. The van der Waals surface area contributed by atoms with Crippen molar-refractivity contribution < 1.29 is 29.1 Å². The van der Waals surface area contributed by atoms with Gasteiger partial charge in [0.1, 0.15) is 12.1 Å². The van der Waals surface area contributed by atoms with Crippen molar-refractivity contribution in [3.05, 3.63) is 0 Å². The zero-order valence-corrected chi connectivity index (χ0v) is 15.8. The van der Waals surface area contributed by atoms with Gasteiger partial charge < -0.3 is 32.5 Å². The Bertz CT molecular complexity index is 568. The van der Waals surface area contributed by atoms with Gasteiger partial charge in [0.15, 0.2) is 0 Å². The number of nitrogens with one attached hydrogen (secondary N) is 3. The van der Waals surface area contributed by atoms with E-state index in [9.17, 15) is 24.0 Å². The number of rotatable bonds is 12. The van der Waals surface area contributed by atoms with Crippen molar-refractivity contribution in [2.75, 3.05) is 6.54 Å². The first kappa shape index (κ1) is 24.3. The summed E-state index contributed by atoms with van der Waals surface area (Å²) in [5.74, 6) is -3.94. The van der Waals surface area contributed by atoms with E-state index < -0.39 is 54.3 Å². The molecular formula is C16H29N5O6. The first-order valence-corrected chi connectivity index (χ1v) is 8.63. The van der Waals surface area contributed by atoms with E-state index in [1.54, 1.807) is 6.92 Å². The lowest BCUT2D eigenvalue weighted by atomic mass is 9.98. The number of amides is 4. The molecule has 0 spiro atoms. The molecule has 0 bridgehead atoms. The van der Waals surface area contributed by atoms with E-state index in [2.05, 4.69) is 16.0 Å². The summed E-state index contributed by atoms with van der Waals surface area (Å²) in [6, 6.07) is -3.05. The van der Waals surface area contributed by atoms with Crippen molar-refractivity contribution in [1.82, 2.24) is 16.0 Å². The summed E-state index contributed by atoms with van der Waals surface area (Å²) in [5.41, 5.74) is 10.6. The summed E-state index contributed by atoms with van der Waals surface area (Å²) in [6.45, 7) is 4.44. The molecule has 11 heteroatoms. The molecule has 0 heterocycles. The van der Waals surface area contributed by atoms with Gasteiger partial charge in [-0.05, 0) is 19.3 Å². The molecule has 4 atom stereocenters. The Hall–Kier alpha value is -2.69. The molecule has 0 rings (SSSR count). The maximum absolute atomic E-state index is 12.2. The molecular weight excluding hydrogens is 358 g/mol. The van der Waals surface area contributed by atoms with E-state index in [0.29, 0.717) is 6.42 Å². The van der Waals surface area contributed by atoms with Crippen LogP contribution in [-0.2, 0) is 24.0 Å². The minimum Gasteiger partial charge on any atom is -0.480 e. The maximum Gasteiger partial charge on any atom is 0.325 e. The highest BCUT2D eigenvalue weighted by Gasteiger charge is 2.28. The molecule has 4 unspecified atom stereocenters. The second-order valence-corrected chi connectivity index (χ2v) is 6.33. The highest BCUT2D eigenvalue weighted by atomic mass is 16.4. The van der Waals surface area contributed by atoms with Gasteiger partial charge in [0.25, 0.3) is 0 Å². The van der Waals surface area contributed by atoms with E-state index in [0.717, 1.165) is 0 Å². The second kappa shape index (κ2) is 11.8. The van der Waals surface area contributed by atoms with Crippen LogP contribution < -0.4 is 27.4 Å². The highest BCUT2D eigenvalue weighted by Crippen LogP contribution is 2.08. The van der Waals surface area contributed by atoms with Crippen LogP contribution in [0.1, 0.15) is 40.0 Å². The van der Waals surface area contributed by atoms with Crippen LogP contribution in [0.15, 0.2) is 0 Å². The third-order valence-electron chi connectivity index (χ3n) is 4.00. The van der Waals surface area contributed by atoms with Gasteiger partial charge in [-0.2, -0.15) is 0 Å². The predicted molar refractivity (Wildman–Crippen MR) is 96.0 cm³/mol. The number of carboxylic acids is 1. The molecule has 154 valence electrons. The molecule has 0 saturated carbocycles. The molecule has 4 amide bonds. The average Bonchev–Trinajstić information content (AvgIpc) is 2.60. The van der Waals surface area contributed by atoms with Crippen LogP contribution in [0, 0.1) is 5.92 Å². The first-order chi connectivity index (χ1) is 12.5. The SMILES string of the molecule is CCC(C)C(NC(=O)CNC(=O)C(N)CCC(N)=O)C(=O)NC(C)C(=O)O. The Labute approximate surface area is 157 Å². The Morgan fingerprint density at radius 3 is 2.11 bits per heavy atom. The van der Waals surface area contributed by atoms with Crippen molar-refractivity contribution in [2.24, 2.45) is 17.4 Å². The summed E-state index contributed by atoms with van der Waals surface area (Å²) in [4.78, 5) is 57.6. The van der Waals surface area contributed by atoms with Gasteiger partial charge in [-0.1, -0.05) is 20.3 Å².